The number of carbonyl (C=O) groups is 1. The first-order valence-corrected chi connectivity index (χ1v) is 8.29. The standard InChI is InChI=1S/C20H20N2O2/c1-13(23)22-20(14-6-4-3-5-7-14)18-10-8-15-12-16(24-2)9-11-17(15)19(18)21-22/h3-7,9,11-12,18,20H,8,10H2,1-2H3. The fourth-order valence-corrected chi connectivity index (χ4v) is 3.88. The van der Waals surface area contributed by atoms with Crippen LogP contribution in [0.4, 0.5) is 0 Å². The number of benzene rings is 2. The lowest BCUT2D eigenvalue weighted by Crippen LogP contribution is -2.30. The minimum atomic E-state index is -0.0131. The highest BCUT2D eigenvalue weighted by atomic mass is 16.5. The number of hydrogen-bond donors (Lipinski definition) is 0. The monoisotopic (exact) mass is 320 g/mol. The molecule has 4 nitrogen and oxygen atoms in total. The predicted molar refractivity (Wildman–Crippen MR) is 93.0 cm³/mol. The molecule has 0 aromatic heterocycles. The van der Waals surface area contributed by atoms with Gasteiger partial charge >= 0.3 is 0 Å². The lowest BCUT2D eigenvalue weighted by Gasteiger charge is -2.29. The number of nitrogens with zero attached hydrogens (tertiary/aromatic N) is 2. The first kappa shape index (κ1) is 14.9. The Hall–Kier alpha value is -2.62. The van der Waals surface area contributed by atoms with E-state index in [4.69, 9.17) is 9.84 Å². The fourth-order valence-electron chi connectivity index (χ4n) is 3.88. The van der Waals surface area contributed by atoms with Crippen LogP contribution in [-0.4, -0.2) is 23.7 Å². The molecule has 0 fully saturated rings. The number of aryl methyl sites for hydroxylation is 1. The zero-order chi connectivity index (χ0) is 16.7. The molecule has 0 radical (unpaired) electrons. The third kappa shape index (κ3) is 2.30. The summed E-state index contributed by atoms with van der Waals surface area (Å²) < 4.78 is 5.34. The molecule has 0 saturated carbocycles. The van der Waals surface area contributed by atoms with Crippen molar-refractivity contribution in [3.05, 3.63) is 65.2 Å². The molecule has 0 bridgehead atoms. The van der Waals surface area contributed by atoms with Crippen molar-refractivity contribution in [2.24, 2.45) is 11.0 Å². The Balaban J connectivity index is 1.79. The van der Waals surface area contributed by atoms with Gasteiger partial charge in [0.15, 0.2) is 0 Å². The maximum atomic E-state index is 12.2. The van der Waals surface area contributed by atoms with Gasteiger partial charge in [-0.1, -0.05) is 30.3 Å². The minimum Gasteiger partial charge on any atom is -0.497 e. The second-order valence-electron chi connectivity index (χ2n) is 6.37. The number of amides is 1. The van der Waals surface area contributed by atoms with Gasteiger partial charge in [-0.15, -0.1) is 0 Å². The molecule has 122 valence electrons. The normalized spacial score (nSPS) is 21.8. The van der Waals surface area contributed by atoms with E-state index in [1.165, 1.54) is 5.56 Å². The van der Waals surface area contributed by atoms with Crippen molar-refractivity contribution in [3.63, 3.8) is 0 Å². The van der Waals surface area contributed by atoms with Crippen molar-refractivity contribution in [2.75, 3.05) is 7.11 Å². The zero-order valence-corrected chi connectivity index (χ0v) is 13.9. The highest BCUT2D eigenvalue weighted by Crippen LogP contribution is 2.43. The molecule has 4 heteroatoms. The lowest BCUT2D eigenvalue weighted by atomic mass is 9.77. The second kappa shape index (κ2) is 5.78. The van der Waals surface area contributed by atoms with Crippen LogP contribution in [0.2, 0.25) is 0 Å². The largest absolute Gasteiger partial charge is 0.497 e. The Bertz CT molecular complexity index is 814. The Morgan fingerprint density at radius 2 is 2.00 bits per heavy atom. The van der Waals surface area contributed by atoms with Crippen LogP contribution in [0.15, 0.2) is 53.6 Å². The third-order valence-electron chi connectivity index (χ3n) is 4.99. The Morgan fingerprint density at radius 1 is 1.21 bits per heavy atom. The molecule has 0 saturated heterocycles. The Morgan fingerprint density at radius 3 is 2.71 bits per heavy atom. The summed E-state index contributed by atoms with van der Waals surface area (Å²) in [5, 5.41) is 6.39. The van der Waals surface area contributed by atoms with Crippen LogP contribution in [0.5, 0.6) is 5.75 Å². The van der Waals surface area contributed by atoms with Gasteiger partial charge in [-0.3, -0.25) is 4.79 Å². The maximum Gasteiger partial charge on any atom is 0.240 e. The molecule has 1 amide bonds. The number of fused-ring (bicyclic) bond motifs is 3. The summed E-state index contributed by atoms with van der Waals surface area (Å²) in [5.41, 5.74) is 4.58. The van der Waals surface area contributed by atoms with E-state index in [0.29, 0.717) is 0 Å². The molecule has 2 aliphatic rings. The second-order valence-corrected chi connectivity index (χ2v) is 6.37. The van der Waals surface area contributed by atoms with Crippen LogP contribution in [0, 0.1) is 5.92 Å². The summed E-state index contributed by atoms with van der Waals surface area (Å²) in [4.78, 5) is 12.2. The molecular weight excluding hydrogens is 300 g/mol. The van der Waals surface area contributed by atoms with Gasteiger partial charge in [0, 0.05) is 18.4 Å². The molecule has 1 heterocycles. The first-order valence-electron chi connectivity index (χ1n) is 8.29. The average Bonchev–Trinajstić information content (AvgIpc) is 3.02. The molecule has 24 heavy (non-hydrogen) atoms. The summed E-state index contributed by atoms with van der Waals surface area (Å²) in [5.74, 6) is 1.10. The van der Waals surface area contributed by atoms with Crippen LogP contribution < -0.4 is 4.74 Å². The summed E-state index contributed by atoms with van der Waals surface area (Å²) in [6.45, 7) is 1.59. The van der Waals surface area contributed by atoms with Crippen LogP contribution in [0.3, 0.4) is 0 Å². The first-order chi connectivity index (χ1) is 11.7. The van der Waals surface area contributed by atoms with Gasteiger partial charge in [0.05, 0.1) is 18.9 Å². The van der Waals surface area contributed by atoms with Crippen molar-refractivity contribution in [2.45, 2.75) is 25.8 Å². The van der Waals surface area contributed by atoms with Crippen molar-refractivity contribution in [3.8, 4) is 5.75 Å². The number of ether oxygens (including phenoxy) is 1. The van der Waals surface area contributed by atoms with E-state index in [0.717, 1.165) is 35.4 Å². The SMILES string of the molecule is COc1ccc2c(c1)CCC1C2=NN(C(C)=O)C1c1ccccc1. The van der Waals surface area contributed by atoms with E-state index in [-0.39, 0.29) is 17.9 Å². The molecule has 1 aliphatic carbocycles. The highest BCUT2D eigenvalue weighted by molar-refractivity contribution is 6.06. The summed E-state index contributed by atoms with van der Waals surface area (Å²) in [7, 11) is 1.68. The number of hydrazone groups is 1. The number of carbonyl (C=O) groups excluding carboxylic acids is 1. The molecule has 1 aliphatic heterocycles. The molecule has 2 aromatic rings. The van der Waals surface area contributed by atoms with E-state index in [1.807, 2.05) is 24.3 Å². The minimum absolute atomic E-state index is 0.00560. The van der Waals surface area contributed by atoms with Gasteiger partial charge in [0.2, 0.25) is 5.91 Å². The number of hydrogen-bond acceptors (Lipinski definition) is 3. The van der Waals surface area contributed by atoms with E-state index < -0.39 is 0 Å². The average molecular weight is 320 g/mol. The molecule has 2 unspecified atom stereocenters. The Labute approximate surface area is 141 Å². The topological polar surface area (TPSA) is 41.9 Å². The highest BCUT2D eigenvalue weighted by Gasteiger charge is 2.42. The number of methoxy groups -OCH3 is 1. The van der Waals surface area contributed by atoms with Crippen LogP contribution in [-0.2, 0) is 11.2 Å². The van der Waals surface area contributed by atoms with Gasteiger partial charge in [-0.05, 0) is 42.2 Å². The van der Waals surface area contributed by atoms with Crippen molar-refractivity contribution < 1.29 is 9.53 Å². The van der Waals surface area contributed by atoms with Crippen LogP contribution >= 0.6 is 0 Å². The molecule has 0 spiro atoms. The van der Waals surface area contributed by atoms with E-state index >= 15 is 0 Å². The Kier molecular flexibility index (Phi) is 3.60. The summed E-state index contributed by atoms with van der Waals surface area (Å²) in [6, 6.07) is 16.3. The van der Waals surface area contributed by atoms with Crippen molar-refractivity contribution in [1.29, 1.82) is 0 Å². The van der Waals surface area contributed by atoms with Crippen LogP contribution in [0.25, 0.3) is 0 Å². The third-order valence-corrected chi connectivity index (χ3v) is 4.99. The van der Waals surface area contributed by atoms with E-state index in [2.05, 4.69) is 24.3 Å². The quantitative estimate of drug-likeness (QED) is 0.849. The number of rotatable bonds is 2. The zero-order valence-electron chi connectivity index (χ0n) is 13.9. The lowest BCUT2D eigenvalue weighted by molar-refractivity contribution is -0.131. The smallest absolute Gasteiger partial charge is 0.240 e. The molecule has 2 atom stereocenters. The molecule has 0 N–H and O–H groups in total. The molecular formula is C20H20N2O2. The predicted octanol–water partition coefficient (Wildman–Crippen LogP) is 3.57. The van der Waals surface area contributed by atoms with Crippen molar-refractivity contribution >= 4 is 11.6 Å². The van der Waals surface area contributed by atoms with Crippen molar-refractivity contribution in [1.82, 2.24) is 5.01 Å². The molecule has 2 aromatic carbocycles. The summed E-state index contributed by atoms with van der Waals surface area (Å²) in [6.07, 6.45) is 1.97. The fraction of sp³-hybridized carbons (Fsp3) is 0.300. The van der Waals surface area contributed by atoms with Gasteiger partial charge in [-0.2, -0.15) is 5.10 Å². The summed E-state index contributed by atoms with van der Waals surface area (Å²) >= 11 is 0. The van der Waals surface area contributed by atoms with Crippen LogP contribution in [0.1, 0.15) is 36.1 Å². The molecule has 4 rings (SSSR count). The van der Waals surface area contributed by atoms with Gasteiger partial charge in [0.25, 0.3) is 0 Å². The van der Waals surface area contributed by atoms with Gasteiger partial charge < -0.3 is 4.74 Å². The van der Waals surface area contributed by atoms with Gasteiger partial charge in [0.1, 0.15) is 5.75 Å². The van der Waals surface area contributed by atoms with E-state index in [9.17, 15) is 4.79 Å². The van der Waals surface area contributed by atoms with Gasteiger partial charge in [-0.25, -0.2) is 5.01 Å². The van der Waals surface area contributed by atoms with E-state index in [1.54, 1.807) is 19.0 Å². The maximum absolute atomic E-state index is 12.2.